The Morgan fingerprint density at radius 2 is 2.21 bits per heavy atom. The number of hydrogen-bond donors (Lipinski definition) is 1. The smallest absolute Gasteiger partial charge is 0.284 e. The van der Waals surface area contributed by atoms with Gasteiger partial charge in [-0.1, -0.05) is 0 Å². The molecule has 1 N–H and O–H groups in total. The Hall–Kier alpha value is -1.96. The lowest BCUT2D eigenvalue weighted by atomic mass is 10.1. The first-order chi connectivity index (χ1) is 8.99. The van der Waals surface area contributed by atoms with Gasteiger partial charge < -0.3 is 10.2 Å². The van der Waals surface area contributed by atoms with E-state index in [0.717, 1.165) is 0 Å². The third-order valence-electron chi connectivity index (χ3n) is 2.72. The summed E-state index contributed by atoms with van der Waals surface area (Å²) in [6.07, 6.45) is 0. The average Bonchev–Trinajstić information content (AvgIpc) is 2.38. The molecule has 1 aliphatic rings. The molecule has 1 fully saturated rings. The quantitative estimate of drug-likeness (QED) is 0.646. The maximum atomic E-state index is 12.1. The van der Waals surface area contributed by atoms with Gasteiger partial charge in [-0.05, 0) is 28.1 Å². The van der Waals surface area contributed by atoms with Gasteiger partial charge in [0.1, 0.15) is 0 Å². The van der Waals surface area contributed by atoms with E-state index in [4.69, 9.17) is 0 Å². The Labute approximate surface area is 116 Å². The molecular formula is C11H10BrN3O4. The van der Waals surface area contributed by atoms with E-state index in [2.05, 4.69) is 21.2 Å². The number of hydrogen-bond acceptors (Lipinski definition) is 4. The Kier molecular flexibility index (Phi) is 3.79. The largest absolute Gasteiger partial charge is 0.353 e. The number of halogens is 1. The fourth-order valence-corrected chi connectivity index (χ4v) is 2.17. The van der Waals surface area contributed by atoms with E-state index in [1.807, 2.05) is 0 Å². The number of rotatable bonds is 2. The lowest BCUT2D eigenvalue weighted by molar-refractivity contribution is -0.385. The zero-order valence-corrected chi connectivity index (χ0v) is 11.3. The lowest BCUT2D eigenvalue weighted by Gasteiger charge is -2.26. The predicted molar refractivity (Wildman–Crippen MR) is 69.7 cm³/mol. The second-order valence-electron chi connectivity index (χ2n) is 4.00. The summed E-state index contributed by atoms with van der Waals surface area (Å²) in [5, 5.41) is 13.4. The summed E-state index contributed by atoms with van der Waals surface area (Å²) in [5.41, 5.74) is 0.0249. The molecule has 0 aliphatic carbocycles. The zero-order chi connectivity index (χ0) is 14.0. The highest BCUT2D eigenvalue weighted by Crippen LogP contribution is 2.26. The molecule has 1 saturated heterocycles. The first kappa shape index (κ1) is 13.5. The standard InChI is InChI=1S/C11H10BrN3O4/c12-8-2-1-7(5-9(8)15(18)19)11(17)14-4-3-13-10(16)6-14/h1-2,5H,3-4,6H2,(H,13,16). The molecule has 1 aromatic rings. The summed E-state index contributed by atoms with van der Waals surface area (Å²) in [4.78, 5) is 35.0. The molecule has 100 valence electrons. The van der Waals surface area contributed by atoms with Gasteiger partial charge in [0.05, 0.1) is 15.9 Å². The first-order valence-corrected chi connectivity index (χ1v) is 6.28. The van der Waals surface area contributed by atoms with E-state index in [1.165, 1.54) is 23.1 Å². The third-order valence-corrected chi connectivity index (χ3v) is 3.39. The van der Waals surface area contributed by atoms with E-state index in [1.54, 1.807) is 0 Å². The minimum absolute atomic E-state index is 0.0251. The minimum atomic E-state index is -0.566. The van der Waals surface area contributed by atoms with Crippen molar-refractivity contribution in [2.75, 3.05) is 19.6 Å². The molecule has 1 aromatic carbocycles. The number of amides is 2. The summed E-state index contributed by atoms with van der Waals surface area (Å²) in [6, 6.07) is 4.15. The summed E-state index contributed by atoms with van der Waals surface area (Å²) >= 11 is 3.06. The number of nitro groups is 1. The molecule has 2 rings (SSSR count). The van der Waals surface area contributed by atoms with Crippen LogP contribution in [0.3, 0.4) is 0 Å². The molecule has 7 nitrogen and oxygen atoms in total. The van der Waals surface area contributed by atoms with Crippen molar-refractivity contribution >= 4 is 33.4 Å². The number of nitrogens with one attached hydrogen (secondary N) is 1. The maximum absolute atomic E-state index is 12.1. The average molecular weight is 328 g/mol. The van der Waals surface area contributed by atoms with Crippen molar-refractivity contribution in [3.8, 4) is 0 Å². The normalized spacial score (nSPS) is 15.0. The van der Waals surface area contributed by atoms with Crippen molar-refractivity contribution in [1.82, 2.24) is 10.2 Å². The van der Waals surface area contributed by atoms with Crippen LogP contribution in [0, 0.1) is 10.1 Å². The number of piperazine rings is 1. The number of nitrogens with zero attached hydrogens (tertiary/aromatic N) is 2. The van der Waals surface area contributed by atoms with Gasteiger partial charge in [-0.3, -0.25) is 19.7 Å². The van der Waals surface area contributed by atoms with Gasteiger partial charge >= 0.3 is 0 Å². The molecule has 2 amide bonds. The second kappa shape index (κ2) is 5.35. The Balaban J connectivity index is 2.26. The Morgan fingerprint density at radius 3 is 2.84 bits per heavy atom. The Morgan fingerprint density at radius 1 is 1.47 bits per heavy atom. The van der Waals surface area contributed by atoms with Gasteiger partial charge in [0.2, 0.25) is 5.91 Å². The van der Waals surface area contributed by atoms with Gasteiger partial charge in [-0.25, -0.2) is 0 Å². The summed E-state index contributed by atoms with van der Waals surface area (Å²) in [7, 11) is 0. The van der Waals surface area contributed by atoms with Crippen LogP contribution in [-0.2, 0) is 4.79 Å². The number of carbonyl (C=O) groups is 2. The zero-order valence-electron chi connectivity index (χ0n) is 9.76. The number of benzene rings is 1. The lowest BCUT2D eigenvalue weighted by Crippen LogP contribution is -2.49. The van der Waals surface area contributed by atoms with Crippen molar-refractivity contribution < 1.29 is 14.5 Å². The SMILES string of the molecule is O=C1CN(C(=O)c2ccc(Br)c([N+](=O)[O-])c2)CCN1. The minimum Gasteiger partial charge on any atom is -0.353 e. The van der Waals surface area contributed by atoms with Gasteiger partial charge in [-0.2, -0.15) is 0 Å². The van der Waals surface area contributed by atoms with Crippen molar-refractivity contribution in [3.05, 3.63) is 38.3 Å². The fourth-order valence-electron chi connectivity index (χ4n) is 1.78. The van der Waals surface area contributed by atoms with E-state index in [9.17, 15) is 19.7 Å². The van der Waals surface area contributed by atoms with E-state index >= 15 is 0 Å². The highest BCUT2D eigenvalue weighted by molar-refractivity contribution is 9.10. The molecule has 1 heterocycles. The predicted octanol–water partition coefficient (Wildman–Crippen LogP) is 0.929. The molecule has 1 aliphatic heterocycles. The van der Waals surface area contributed by atoms with Gasteiger partial charge in [-0.15, -0.1) is 0 Å². The number of carbonyl (C=O) groups excluding carboxylic acids is 2. The summed E-state index contributed by atoms with van der Waals surface area (Å²) in [5.74, 6) is -0.614. The molecule has 0 unspecified atom stereocenters. The van der Waals surface area contributed by atoms with Crippen molar-refractivity contribution in [3.63, 3.8) is 0 Å². The topological polar surface area (TPSA) is 92.5 Å². The molecular weight excluding hydrogens is 318 g/mol. The van der Waals surface area contributed by atoms with Crippen LogP contribution in [0.1, 0.15) is 10.4 Å². The van der Waals surface area contributed by atoms with Gasteiger partial charge in [0.15, 0.2) is 0 Å². The second-order valence-corrected chi connectivity index (χ2v) is 4.85. The molecule has 8 heteroatoms. The molecule has 19 heavy (non-hydrogen) atoms. The van der Waals surface area contributed by atoms with Crippen molar-refractivity contribution in [2.24, 2.45) is 0 Å². The summed E-state index contributed by atoms with van der Waals surface area (Å²) in [6.45, 7) is 0.764. The number of nitro benzene ring substituents is 1. The van der Waals surface area contributed by atoms with Crippen LogP contribution in [0.25, 0.3) is 0 Å². The van der Waals surface area contributed by atoms with E-state index in [-0.39, 0.29) is 29.6 Å². The molecule has 0 aromatic heterocycles. The van der Waals surface area contributed by atoms with Crippen LogP contribution in [0.5, 0.6) is 0 Å². The third kappa shape index (κ3) is 2.90. The maximum Gasteiger partial charge on any atom is 0.284 e. The van der Waals surface area contributed by atoms with Crippen LogP contribution in [0.4, 0.5) is 5.69 Å². The van der Waals surface area contributed by atoms with Gasteiger partial charge in [0.25, 0.3) is 11.6 Å². The van der Waals surface area contributed by atoms with Crippen molar-refractivity contribution in [1.29, 1.82) is 0 Å². The van der Waals surface area contributed by atoms with E-state index in [0.29, 0.717) is 17.6 Å². The van der Waals surface area contributed by atoms with Crippen LogP contribution >= 0.6 is 15.9 Å². The molecule has 0 radical (unpaired) electrons. The first-order valence-electron chi connectivity index (χ1n) is 5.49. The fraction of sp³-hybridized carbons (Fsp3) is 0.273. The van der Waals surface area contributed by atoms with Crippen molar-refractivity contribution in [2.45, 2.75) is 0 Å². The summed E-state index contributed by atoms with van der Waals surface area (Å²) < 4.78 is 0.311. The van der Waals surface area contributed by atoms with Crippen LogP contribution in [-0.4, -0.2) is 41.3 Å². The molecule has 0 bridgehead atoms. The van der Waals surface area contributed by atoms with Crippen LogP contribution < -0.4 is 5.32 Å². The van der Waals surface area contributed by atoms with E-state index < -0.39 is 4.92 Å². The highest BCUT2D eigenvalue weighted by Gasteiger charge is 2.24. The molecule has 0 saturated carbocycles. The van der Waals surface area contributed by atoms with Gasteiger partial charge in [0, 0.05) is 24.7 Å². The molecule has 0 spiro atoms. The Bertz CT molecular complexity index is 561. The highest BCUT2D eigenvalue weighted by atomic mass is 79.9. The van der Waals surface area contributed by atoms with Crippen LogP contribution in [0.2, 0.25) is 0 Å². The monoisotopic (exact) mass is 327 g/mol. The molecule has 0 atom stereocenters. The van der Waals surface area contributed by atoms with Crippen LogP contribution in [0.15, 0.2) is 22.7 Å².